The van der Waals surface area contributed by atoms with Gasteiger partial charge in [0.25, 0.3) is 10.0 Å². The second-order valence-corrected chi connectivity index (χ2v) is 10.9. The summed E-state index contributed by atoms with van der Waals surface area (Å²) in [6, 6.07) is 16.4. The number of sulfonamides is 1. The van der Waals surface area contributed by atoms with Crippen LogP contribution in [0, 0.1) is 11.6 Å². The number of aliphatic hydroxyl groups excluding tert-OH is 1. The van der Waals surface area contributed by atoms with Gasteiger partial charge >= 0.3 is 0 Å². The molecule has 0 spiro atoms. The molecule has 13 heteroatoms. The molecular formula is C28H22ClF2N5O4S. The summed E-state index contributed by atoms with van der Waals surface area (Å²) in [5, 5.41) is 13.4. The number of aromatic nitrogens is 3. The van der Waals surface area contributed by atoms with Crippen LogP contribution in [0.25, 0.3) is 22.0 Å². The van der Waals surface area contributed by atoms with E-state index in [2.05, 4.69) is 25.0 Å². The van der Waals surface area contributed by atoms with Gasteiger partial charge in [-0.25, -0.2) is 32.2 Å². The molecule has 210 valence electrons. The predicted octanol–water partition coefficient (Wildman–Crippen LogP) is 5.58. The maximum absolute atomic E-state index is 15.6. The third-order valence-corrected chi connectivity index (χ3v) is 7.73. The molecule has 3 N–H and O–H groups in total. The van der Waals surface area contributed by atoms with Gasteiger partial charge in [0.15, 0.2) is 10.7 Å². The summed E-state index contributed by atoms with van der Waals surface area (Å²) < 4.78 is 63.7. The number of pyridine rings is 1. The number of fused-ring (bicyclic) bond motifs is 1. The molecule has 0 aliphatic heterocycles. The van der Waals surface area contributed by atoms with Crippen LogP contribution >= 0.6 is 11.6 Å². The number of aliphatic hydroxyl groups is 1. The molecule has 0 fully saturated rings. The first-order valence-electron chi connectivity index (χ1n) is 12.1. The van der Waals surface area contributed by atoms with Gasteiger partial charge in [0.2, 0.25) is 11.8 Å². The van der Waals surface area contributed by atoms with Crippen LogP contribution in [0.15, 0.2) is 84.0 Å². The lowest BCUT2D eigenvalue weighted by Gasteiger charge is -2.17. The Morgan fingerprint density at radius 3 is 2.54 bits per heavy atom. The fraction of sp³-hybridized carbons (Fsp3) is 0.107. The molecule has 0 radical (unpaired) electrons. The lowest BCUT2D eigenvalue weighted by molar-refractivity contribution is 0.276. The number of hydrogen-bond donors (Lipinski definition) is 3. The van der Waals surface area contributed by atoms with E-state index in [4.69, 9.17) is 16.3 Å². The molecule has 3 aromatic carbocycles. The van der Waals surface area contributed by atoms with Crippen molar-refractivity contribution in [3.63, 3.8) is 0 Å². The van der Waals surface area contributed by atoms with E-state index in [1.54, 1.807) is 6.07 Å². The van der Waals surface area contributed by atoms with Gasteiger partial charge in [0.05, 0.1) is 41.5 Å². The lowest BCUT2D eigenvalue weighted by Crippen LogP contribution is -2.16. The average molecular weight is 598 g/mol. The Morgan fingerprint density at radius 1 is 1.02 bits per heavy atom. The van der Waals surface area contributed by atoms with Crippen LogP contribution in [0.1, 0.15) is 11.6 Å². The van der Waals surface area contributed by atoms with Crippen LogP contribution < -0.4 is 14.8 Å². The molecule has 41 heavy (non-hydrogen) atoms. The number of anilines is 2. The Labute approximate surface area is 238 Å². The zero-order chi connectivity index (χ0) is 29.1. The third-order valence-electron chi connectivity index (χ3n) is 6.16. The standard InChI is InChI=1S/C28H22ClF2N5O4S/c1-40-27-24(12-19(29)14-32-27)41(38,39)36-22-10-8-20(30)25(26(22)31)17-7-9-21-18(11-17)13-33-28(34-21)35-23(15-37)16-5-3-2-4-6-16/h2-14,23,36-37H,15H2,1H3,(H,33,34,35)/t23-/m0/s1. The maximum Gasteiger partial charge on any atom is 0.267 e. The molecule has 0 unspecified atom stereocenters. The average Bonchev–Trinajstić information content (AvgIpc) is 2.98. The molecule has 5 rings (SSSR count). The number of halogens is 3. The van der Waals surface area contributed by atoms with Crippen molar-refractivity contribution >= 4 is 44.2 Å². The normalized spacial score (nSPS) is 12.2. The summed E-state index contributed by atoms with van der Waals surface area (Å²) in [6.45, 7) is -0.191. The van der Waals surface area contributed by atoms with Gasteiger partial charge in [-0.05, 0) is 41.5 Å². The molecule has 2 aromatic heterocycles. The minimum absolute atomic E-state index is 0.0233. The number of hydrogen-bond acceptors (Lipinski definition) is 8. The summed E-state index contributed by atoms with van der Waals surface area (Å²) in [5.74, 6) is -2.02. The van der Waals surface area contributed by atoms with Crippen LogP contribution in [-0.2, 0) is 10.0 Å². The van der Waals surface area contributed by atoms with Crippen LogP contribution in [0.5, 0.6) is 5.88 Å². The van der Waals surface area contributed by atoms with Gasteiger partial charge in [0.1, 0.15) is 5.82 Å². The van der Waals surface area contributed by atoms with Gasteiger partial charge in [-0.1, -0.05) is 48.0 Å². The van der Waals surface area contributed by atoms with Crippen molar-refractivity contribution in [2.75, 3.05) is 23.8 Å². The van der Waals surface area contributed by atoms with Gasteiger partial charge in [-0.15, -0.1) is 0 Å². The smallest absolute Gasteiger partial charge is 0.267 e. The highest BCUT2D eigenvalue weighted by molar-refractivity contribution is 7.92. The Balaban J connectivity index is 1.46. The molecule has 5 aromatic rings. The van der Waals surface area contributed by atoms with E-state index in [1.807, 2.05) is 30.3 Å². The first-order valence-corrected chi connectivity index (χ1v) is 14.0. The van der Waals surface area contributed by atoms with Crippen molar-refractivity contribution in [3.8, 4) is 17.0 Å². The van der Waals surface area contributed by atoms with Crippen molar-refractivity contribution < 1.29 is 27.0 Å². The van der Waals surface area contributed by atoms with Crippen molar-refractivity contribution in [1.29, 1.82) is 0 Å². The Kier molecular flexibility index (Phi) is 7.97. The summed E-state index contributed by atoms with van der Waals surface area (Å²) in [5.41, 5.74) is 0.525. The number of benzene rings is 3. The first kappa shape index (κ1) is 28.1. The fourth-order valence-electron chi connectivity index (χ4n) is 4.18. The third kappa shape index (κ3) is 5.89. The van der Waals surface area contributed by atoms with Crippen LogP contribution in [-0.4, -0.2) is 42.2 Å². The van der Waals surface area contributed by atoms with E-state index in [9.17, 15) is 17.9 Å². The van der Waals surface area contributed by atoms with E-state index < -0.39 is 43.8 Å². The summed E-state index contributed by atoms with van der Waals surface area (Å²) in [6.07, 6.45) is 2.68. The highest BCUT2D eigenvalue weighted by Crippen LogP contribution is 2.34. The van der Waals surface area contributed by atoms with Crippen molar-refractivity contribution in [2.24, 2.45) is 0 Å². The number of ether oxygens (including phenoxy) is 1. The Morgan fingerprint density at radius 2 is 1.80 bits per heavy atom. The van der Waals surface area contributed by atoms with Crippen molar-refractivity contribution in [1.82, 2.24) is 15.0 Å². The molecule has 0 aliphatic carbocycles. The van der Waals surface area contributed by atoms with Crippen molar-refractivity contribution in [3.05, 3.63) is 101 Å². The van der Waals surface area contributed by atoms with E-state index in [-0.39, 0.29) is 29.0 Å². The highest BCUT2D eigenvalue weighted by Gasteiger charge is 2.25. The zero-order valence-corrected chi connectivity index (χ0v) is 22.9. The molecule has 2 heterocycles. The number of methoxy groups -OCH3 is 1. The molecule has 0 aliphatic rings. The minimum atomic E-state index is -4.41. The lowest BCUT2D eigenvalue weighted by atomic mass is 10.0. The highest BCUT2D eigenvalue weighted by atomic mass is 35.5. The predicted molar refractivity (Wildman–Crippen MR) is 151 cm³/mol. The van der Waals surface area contributed by atoms with Gasteiger partial charge in [-0.2, -0.15) is 0 Å². The quantitative estimate of drug-likeness (QED) is 0.201. The van der Waals surface area contributed by atoms with Crippen molar-refractivity contribution in [2.45, 2.75) is 10.9 Å². The van der Waals surface area contributed by atoms with E-state index in [0.29, 0.717) is 10.9 Å². The summed E-state index contributed by atoms with van der Waals surface area (Å²) in [7, 11) is -3.19. The van der Waals surface area contributed by atoms with E-state index in [1.165, 1.54) is 31.6 Å². The van der Waals surface area contributed by atoms with Gasteiger partial charge < -0.3 is 15.2 Å². The molecule has 1 atom stereocenters. The summed E-state index contributed by atoms with van der Waals surface area (Å²) >= 11 is 5.90. The van der Waals surface area contributed by atoms with Crippen LogP contribution in [0.3, 0.4) is 0 Å². The Bertz CT molecular complexity index is 1850. The van der Waals surface area contributed by atoms with Crippen LogP contribution in [0.4, 0.5) is 20.4 Å². The number of nitrogens with zero attached hydrogens (tertiary/aromatic N) is 3. The van der Waals surface area contributed by atoms with E-state index in [0.717, 1.165) is 23.8 Å². The molecule has 9 nitrogen and oxygen atoms in total. The van der Waals surface area contributed by atoms with Gasteiger partial charge in [-0.3, -0.25) is 4.72 Å². The molecular weight excluding hydrogens is 576 g/mol. The number of rotatable bonds is 9. The molecule has 0 saturated heterocycles. The topological polar surface area (TPSA) is 126 Å². The molecule has 0 amide bonds. The molecule has 0 saturated carbocycles. The van der Waals surface area contributed by atoms with Gasteiger partial charge in [0, 0.05) is 17.8 Å². The molecule has 0 bridgehead atoms. The van der Waals surface area contributed by atoms with E-state index >= 15 is 4.39 Å². The zero-order valence-electron chi connectivity index (χ0n) is 21.3. The SMILES string of the molecule is COc1ncc(Cl)cc1S(=O)(=O)Nc1ccc(F)c(-c2ccc3nc(N[C@@H](CO)c4ccccc4)ncc3c2)c1F. The Hall–Kier alpha value is -4.39. The minimum Gasteiger partial charge on any atom is -0.480 e. The number of nitrogens with one attached hydrogen (secondary N) is 2. The van der Waals surface area contributed by atoms with Crippen LogP contribution in [0.2, 0.25) is 5.02 Å². The maximum atomic E-state index is 15.6. The first-order chi connectivity index (χ1) is 19.7. The second-order valence-electron chi connectivity index (χ2n) is 8.81. The second kappa shape index (κ2) is 11.6. The largest absolute Gasteiger partial charge is 0.480 e. The fourth-order valence-corrected chi connectivity index (χ4v) is 5.61. The summed E-state index contributed by atoms with van der Waals surface area (Å²) in [4.78, 5) is 12.1. The monoisotopic (exact) mass is 597 g/mol.